The monoisotopic (exact) mass is 288 g/mol. The van der Waals surface area contributed by atoms with Gasteiger partial charge in [0.2, 0.25) is 0 Å². The zero-order valence-electron chi connectivity index (χ0n) is 6.03. The van der Waals surface area contributed by atoms with E-state index in [-0.39, 0.29) is 36.5 Å². The van der Waals surface area contributed by atoms with Gasteiger partial charge < -0.3 is 17.0 Å². The molecule has 12 heavy (non-hydrogen) atoms. The van der Waals surface area contributed by atoms with Gasteiger partial charge in [0.1, 0.15) is 0 Å². The van der Waals surface area contributed by atoms with Gasteiger partial charge in [-0.2, -0.15) is 13.2 Å². The van der Waals surface area contributed by atoms with Gasteiger partial charge in [0.05, 0.1) is 0 Å². The second kappa shape index (κ2) is 5.74. The summed E-state index contributed by atoms with van der Waals surface area (Å²) in [5.74, 6) is 0. The molecule has 5 heteroatoms. The topological polar surface area (TPSA) is 0 Å². The number of rotatable bonds is 0. The van der Waals surface area contributed by atoms with Crippen LogP contribution in [0.25, 0.3) is 0 Å². The van der Waals surface area contributed by atoms with Gasteiger partial charge in [-0.05, 0) is 18.2 Å². The van der Waals surface area contributed by atoms with Crippen LogP contribution in [0.2, 0.25) is 0 Å². The molecule has 0 nitrogen and oxygen atoms in total. The summed E-state index contributed by atoms with van der Waals surface area (Å²) in [5.41, 5.74) is 1.87. The summed E-state index contributed by atoms with van der Waals surface area (Å²) in [4.78, 5) is 0. The molecular formula is C7H4BrF3Zn-. The summed E-state index contributed by atoms with van der Waals surface area (Å²) in [7, 11) is 0. The summed E-state index contributed by atoms with van der Waals surface area (Å²) in [5, 5.41) is 0. The minimum Gasteiger partial charge on any atom is -1.00 e. The first-order chi connectivity index (χ1) is 4.61. The molecule has 0 aromatic carbocycles. The van der Waals surface area contributed by atoms with Crippen molar-refractivity contribution in [2.75, 3.05) is 0 Å². The quantitative estimate of drug-likeness (QED) is 0.413. The molecule has 0 saturated heterocycles. The Labute approximate surface area is 91.7 Å². The number of alkyl halides is 3. The van der Waals surface area contributed by atoms with Gasteiger partial charge in [0.25, 0.3) is 0 Å². The van der Waals surface area contributed by atoms with E-state index >= 15 is 0 Å². The first-order valence-corrected chi connectivity index (χ1v) is 2.64. The van der Waals surface area contributed by atoms with Crippen molar-refractivity contribution in [1.29, 1.82) is 0 Å². The van der Waals surface area contributed by atoms with Crippen molar-refractivity contribution in [3.63, 3.8) is 0 Å². The van der Waals surface area contributed by atoms with Crippen molar-refractivity contribution >= 4 is 0 Å². The molecule has 0 atom stereocenters. The molecule has 0 N–H and O–H groups in total. The number of hydrogen-bond acceptors (Lipinski definition) is 0. The van der Waals surface area contributed by atoms with Gasteiger partial charge in [-0.25, -0.2) is 0 Å². The minimum absolute atomic E-state index is 0. The molecule has 1 aliphatic rings. The van der Waals surface area contributed by atoms with Gasteiger partial charge in [-0.1, -0.05) is 0 Å². The molecule has 63 valence electrons. The Kier molecular flexibility index (Phi) is 7.01. The van der Waals surface area contributed by atoms with Crippen LogP contribution in [0.1, 0.15) is 0 Å². The number of allylic oxidation sites excluding steroid dienone is 3. The van der Waals surface area contributed by atoms with E-state index in [1.807, 2.05) is 0 Å². The van der Waals surface area contributed by atoms with Gasteiger partial charge in [-0.3, -0.25) is 0 Å². The van der Waals surface area contributed by atoms with Crippen LogP contribution < -0.4 is 17.0 Å². The van der Waals surface area contributed by atoms with E-state index < -0.39 is 11.7 Å². The van der Waals surface area contributed by atoms with E-state index in [9.17, 15) is 13.2 Å². The molecule has 0 saturated carbocycles. The van der Waals surface area contributed by atoms with Crippen LogP contribution in [0.15, 0.2) is 29.5 Å². The van der Waals surface area contributed by atoms with E-state index in [4.69, 9.17) is 0 Å². The second-order valence-electron chi connectivity index (χ2n) is 1.79. The van der Waals surface area contributed by atoms with Crippen LogP contribution in [-0.4, -0.2) is 6.18 Å². The van der Waals surface area contributed by atoms with Crippen LogP contribution in [0.4, 0.5) is 13.2 Å². The summed E-state index contributed by atoms with van der Waals surface area (Å²) >= 11 is 0. The normalized spacial score (nSPS) is 14.4. The third-order valence-electron chi connectivity index (χ3n) is 1.05. The molecule has 0 unspecified atom stereocenters. The van der Waals surface area contributed by atoms with Crippen LogP contribution in [0.5, 0.6) is 0 Å². The Morgan fingerprint density at radius 3 is 2.00 bits per heavy atom. The fourth-order valence-electron chi connectivity index (χ4n) is 0.576. The first kappa shape index (κ1) is 14.7. The standard InChI is InChI=1S/C7H4F3.BrH.Zn/c8-7(9,10)6-4-2-1-3-5-6;;/h2-5H;1H;/p-1. The second-order valence-corrected chi connectivity index (χ2v) is 1.79. The fourth-order valence-corrected chi connectivity index (χ4v) is 0.576. The molecule has 0 aromatic heterocycles. The van der Waals surface area contributed by atoms with Crippen LogP contribution in [0.3, 0.4) is 0 Å². The zero-order chi connectivity index (χ0) is 7.61. The summed E-state index contributed by atoms with van der Waals surface area (Å²) in [6.45, 7) is 0. The van der Waals surface area contributed by atoms with Crippen molar-refractivity contribution in [1.82, 2.24) is 0 Å². The molecule has 0 aromatic rings. The molecule has 1 rings (SSSR count). The van der Waals surface area contributed by atoms with E-state index in [0.717, 1.165) is 12.5 Å². The maximum atomic E-state index is 11.8. The van der Waals surface area contributed by atoms with Crippen molar-refractivity contribution < 1.29 is 49.6 Å². The molecule has 0 amide bonds. The minimum atomic E-state index is -4.23. The predicted molar refractivity (Wildman–Crippen MR) is 31.1 cm³/mol. The Hall–Kier alpha value is 0.153. The average molecular weight is 290 g/mol. The van der Waals surface area contributed by atoms with Crippen LogP contribution >= 0.6 is 0 Å². The molecule has 1 aliphatic carbocycles. The molecule has 0 heterocycles. The number of halogens is 4. The van der Waals surface area contributed by atoms with E-state index in [1.54, 1.807) is 0 Å². The maximum Gasteiger partial charge on any atom is 0.413 e. The molecule has 1 radical (unpaired) electrons. The Balaban J connectivity index is 0. The first-order valence-electron chi connectivity index (χ1n) is 2.64. The van der Waals surface area contributed by atoms with Crippen LogP contribution in [-0.2, 0) is 19.5 Å². The summed E-state index contributed by atoms with van der Waals surface area (Å²) < 4.78 is 35.3. The van der Waals surface area contributed by atoms with Crippen molar-refractivity contribution in [3.8, 4) is 0 Å². The van der Waals surface area contributed by atoms with Gasteiger partial charge in [0.15, 0.2) is 0 Å². The Morgan fingerprint density at radius 1 is 1.17 bits per heavy atom. The summed E-state index contributed by atoms with van der Waals surface area (Å²) in [6.07, 6.45) is 0.223. The van der Waals surface area contributed by atoms with Crippen molar-refractivity contribution in [3.05, 3.63) is 36.0 Å². The largest absolute Gasteiger partial charge is 1.00 e. The van der Waals surface area contributed by atoms with Gasteiger partial charge >= 0.3 is 6.18 Å². The van der Waals surface area contributed by atoms with Crippen LogP contribution in [0, 0.1) is 6.42 Å². The number of hydrogen-bond donors (Lipinski definition) is 0. The molecule has 0 bridgehead atoms. The van der Waals surface area contributed by atoms with E-state index in [0.29, 0.717) is 0 Å². The van der Waals surface area contributed by atoms with E-state index in [1.165, 1.54) is 12.2 Å². The average Bonchev–Trinajstić information content (AvgIpc) is 1.88. The van der Waals surface area contributed by atoms with E-state index in [2.05, 4.69) is 5.73 Å². The maximum absolute atomic E-state index is 11.8. The Bertz CT molecular complexity index is 223. The SMILES string of the molecule is FC(F)(F)C1=CC=C=C[CH]1.[Br-].[Zn]. The zero-order valence-corrected chi connectivity index (χ0v) is 10.6. The molecular weight excluding hydrogens is 286 g/mol. The van der Waals surface area contributed by atoms with Gasteiger partial charge in [-0.15, -0.1) is 5.73 Å². The third kappa shape index (κ3) is 4.25. The predicted octanol–water partition coefficient (Wildman–Crippen LogP) is -0.594. The third-order valence-corrected chi connectivity index (χ3v) is 1.05. The summed E-state index contributed by atoms with van der Waals surface area (Å²) in [6, 6.07) is 0. The molecule has 0 spiro atoms. The molecule has 0 aliphatic heterocycles. The van der Waals surface area contributed by atoms with Gasteiger partial charge in [0, 0.05) is 31.5 Å². The Morgan fingerprint density at radius 2 is 1.75 bits per heavy atom. The van der Waals surface area contributed by atoms with Crippen molar-refractivity contribution in [2.24, 2.45) is 0 Å². The van der Waals surface area contributed by atoms with Crippen molar-refractivity contribution in [2.45, 2.75) is 6.18 Å². The fraction of sp³-hybridized carbons (Fsp3) is 0.143. The molecule has 0 fully saturated rings. The smallest absolute Gasteiger partial charge is 0.413 e.